The van der Waals surface area contributed by atoms with E-state index in [2.05, 4.69) is 4.99 Å². The van der Waals surface area contributed by atoms with Gasteiger partial charge in [-0.3, -0.25) is 4.99 Å². The Balaban J connectivity index is 1.72. The fourth-order valence-corrected chi connectivity index (χ4v) is 4.42. The summed E-state index contributed by atoms with van der Waals surface area (Å²) in [6.45, 7) is 0. The number of nitrogens with zero attached hydrogens (tertiary/aromatic N) is 1. The molecule has 9 nitrogen and oxygen atoms in total. The van der Waals surface area contributed by atoms with Gasteiger partial charge < -0.3 is 35.0 Å². The maximum Gasteiger partial charge on any atom is 0.338 e. The van der Waals surface area contributed by atoms with E-state index in [9.17, 15) is 30.3 Å². The summed E-state index contributed by atoms with van der Waals surface area (Å²) < 4.78 is 10.6. The molecule has 9 heteroatoms. The summed E-state index contributed by atoms with van der Waals surface area (Å²) in [5, 5.41) is 53.7. The maximum atomic E-state index is 12.9. The number of esters is 1. The second-order valence-corrected chi connectivity index (χ2v) is 7.91. The largest absolute Gasteiger partial charge is 0.460 e. The van der Waals surface area contributed by atoms with Gasteiger partial charge in [0.25, 0.3) is 0 Å². The minimum absolute atomic E-state index is 0.129. The normalized spacial score (nSPS) is 39.9. The Morgan fingerprint density at radius 2 is 1.79 bits per heavy atom. The van der Waals surface area contributed by atoms with Crippen LogP contribution in [0.15, 0.2) is 29.3 Å². The molecule has 1 saturated heterocycles. The summed E-state index contributed by atoms with van der Waals surface area (Å²) in [5.41, 5.74) is -4.66. The first-order chi connectivity index (χ1) is 13.8. The molecule has 0 aromatic heterocycles. The number of aliphatic imine (C=N–C) groups is 1. The van der Waals surface area contributed by atoms with Crippen LogP contribution in [0.1, 0.15) is 37.7 Å². The summed E-state index contributed by atoms with van der Waals surface area (Å²) >= 11 is 0. The van der Waals surface area contributed by atoms with E-state index < -0.39 is 41.8 Å². The molecule has 0 amide bonds. The number of hydrogen-bond donors (Lipinski definition) is 5. The van der Waals surface area contributed by atoms with Crippen LogP contribution in [-0.2, 0) is 19.9 Å². The molecule has 29 heavy (non-hydrogen) atoms. The van der Waals surface area contributed by atoms with E-state index in [4.69, 9.17) is 9.47 Å². The van der Waals surface area contributed by atoms with Gasteiger partial charge in [0.1, 0.15) is 18.3 Å². The third kappa shape index (κ3) is 3.09. The monoisotopic (exact) mass is 407 g/mol. The Kier molecular flexibility index (Phi) is 5.22. The maximum absolute atomic E-state index is 12.9. The van der Waals surface area contributed by atoms with Gasteiger partial charge in [-0.25, -0.2) is 4.79 Å². The van der Waals surface area contributed by atoms with Crippen LogP contribution in [0.5, 0.6) is 0 Å². The van der Waals surface area contributed by atoms with Crippen molar-refractivity contribution >= 4 is 17.9 Å². The average Bonchev–Trinajstić information content (AvgIpc) is 3.08. The average molecular weight is 407 g/mol. The minimum Gasteiger partial charge on any atom is -0.460 e. The number of rotatable bonds is 3. The van der Waals surface area contributed by atoms with Crippen molar-refractivity contribution in [2.45, 2.75) is 74.0 Å². The zero-order chi connectivity index (χ0) is 20.8. The number of benzene rings is 1. The highest BCUT2D eigenvalue weighted by Crippen LogP contribution is 2.48. The Labute approximate surface area is 167 Å². The number of carbonyl (C=O) groups excluding carboxylic acids is 1. The van der Waals surface area contributed by atoms with Crippen molar-refractivity contribution in [1.82, 2.24) is 0 Å². The van der Waals surface area contributed by atoms with Gasteiger partial charge in [0.15, 0.2) is 23.6 Å². The summed E-state index contributed by atoms with van der Waals surface area (Å²) in [4.78, 5) is 17.0. The van der Waals surface area contributed by atoms with E-state index >= 15 is 0 Å². The molecule has 2 heterocycles. The smallest absolute Gasteiger partial charge is 0.338 e. The Morgan fingerprint density at radius 3 is 2.52 bits per heavy atom. The van der Waals surface area contributed by atoms with Gasteiger partial charge in [0.2, 0.25) is 0 Å². The van der Waals surface area contributed by atoms with E-state index in [1.54, 1.807) is 18.2 Å². The Bertz CT molecular complexity index is 809. The quantitative estimate of drug-likeness (QED) is 0.426. The molecule has 3 aliphatic rings. The highest BCUT2D eigenvalue weighted by molar-refractivity contribution is 5.88. The Morgan fingerprint density at radius 1 is 1.10 bits per heavy atom. The number of hydrogen-bond acceptors (Lipinski definition) is 9. The second-order valence-electron chi connectivity index (χ2n) is 7.91. The molecule has 0 bridgehead atoms. The van der Waals surface area contributed by atoms with Crippen molar-refractivity contribution in [3.63, 3.8) is 0 Å². The first-order valence-electron chi connectivity index (χ1n) is 9.78. The predicted octanol–water partition coefficient (Wildman–Crippen LogP) is -0.364. The molecule has 0 radical (unpaired) electrons. The summed E-state index contributed by atoms with van der Waals surface area (Å²) in [6, 6.07) is 6.34. The lowest BCUT2D eigenvalue weighted by atomic mass is 9.69. The van der Waals surface area contributed by atoms with Gasteiger partial charge in [-0.15, -0.1) is 0 Å². The Hall–Kier alpha value is -1.88. The van der Waals surface area contributed by atoms with E-state index in [-0.39, 0.29) is 11.7 Å². The van der Waals surface area contributed by atoms with Crippen molar-refractivity contribution in [3.05, 3.63) is 29.8 Å². The van der Waals surface area contributed by atoms with Crippen LogP contribution in [0.2, 0.25) is 0 Å². The molecule has 2 fully saturated rings. The molecule has 0 spiro atoms. The zero-order valence-electron chi connectivity index (χ0n) is 15.7. The lowest BCUT2D eigenvalue weighted by molar-refractivity contribution is -0.340. The fraction of sp³-hybridized carbons (Fsp3) is 0.600. The van der Waals surface area contributed by atoms with Crippen LogP contribution in [0.25, 0.3) is 0 Å². The molecule has 1 saturated carbocycles. The highest BCUT2D eigenvalue weighted by atomic mass is 16.7. The molecule has 6 atom stereocenters. The molecule has 158 valence electrons. The third-order valence-electron chi connectivity index (χ3n) is 6.11. The van der Waals surface area contributed by atoms with Crippen molar-refractivity contribution in [2.24, 2.45) is 4.99 Å². The number of aliphatic hydroxyl groups excluding tert-OH is 3. The number of ether oxygens (including phenoxy) is 2. The first kappa shape index (κ1) is 20.4. The van der Waals surface area contributed by atoms with Crippen LogP contribution in [0, 0.1) is 0 Å². The molecular formula is C20H25NO8. The van der Waals surface area contributed by atoms with E-state index in [0.717, 1.165) is 25.5 Å². The van der Waals surface area contributed by atoms with Crippen LogP contribution in [0.3, 0.4) is 0 Å². The van der Waals surface area contributed by atoms with E-state index in [1.807, 2.05) is 0 Å². The van der Waals surface area contributed by atoms with E-state index in [0.29, 0.717) is 18.5 Å². The molecule has 4 rings (SSSR count). The zero-order valence-corrected chi connectivity index (χ0v) is 15.7. The minimum atomic E-state index is -2.76. The summed E-state index contributed by atoms with van der Waals surface area (Å²) in [7, 11) is 0. The van der Waals surface area contributed by atoms with Crippen molar-refractivity contribution in [3.8, 4) is 0 Å². The molecule has 1 aromatic carbocycles. The lowest BCUT2D eigenvalue weighted by Gasteiger charge is -2.51. The second kappa shape index (κ2) is 7.42. The van der Waals surface area contributed by atoms with Gasteiger partial charge in [-0.1, -0.05) is 24.6 Å². The number of para-hydroxylation sites is 1. The number of carbonyl (C=O) groups is 1. The lowest BCUT2D eigenvalue weighted by Crippen LogP contribution is -2.75. The fourth-order valence-electron chi connectivity index (χ4n) is 4.42. The van der Waals surface area contributed by atoms with Gasteiger partial charge in [-0.05, 0) is 31.7 Å². The van der Waals surface area contributed by atoms with Gasteiger partial charge in [-0.2, -0.15) is 0 Å². The highest BCUT2D eigenvalue weighted by Gasteiger charge is 2.69. The SMILES string of the molecule is O=C(OC1CCCCC1)[C@H]1O[C@@H](O)[C@H](O)[C@@H](O)[C@@]1(O)C1(O)C=Nc2ccccc21. The molecule has 1 aromatic rings. The molecule has 5 N–H and O–H groups in total. The third-order valence-corrected chi connectivity index (χ3v) is 6.11. The van der Waals surface area contributed by atoms with Crippen molar-refractivity contribution in [1.29, 1.82) is 0 Å². The molecule has 2 aliphatic heterocycles. The topological polar surface area (TPSA) is 149 Å². The number of aliphatic hydroxyl groups is 5. The number of fused-ring (bicyclic) bond motifs is 1. The molecule has 1 unspecified atom stereocenters. The van der Waals surface area contributed by atoms with Crippen molar-refractivity contribution < 1.29 is 39.8 Å². The predicted molar refractivity (Wildman–Crippen MR) is 99.3 cm³/mol. The van der Waals surface area contributed by atoms with Gasteiger partial charge in [0, 0.05) is 11.8 Å². The van der Waals surface area contributed by atoms with E-state index in [1.165, 1.54) is 6.07 Å². The van der Waals surface area contributed by atoms with Crippen LogP contribution >= 0.6 is 0 Å². The van der Waals surface area contributed by atoms with Gasteiger partial charge in [0.05, 0.1) is 5.69 Å². The van der Waals surface area contributed by atoms with Gasteiger partial charge >= 0.3 is 5.97 Å². The van der Waals surface area contributed by atoms with Crippen LogP contribution in [-0.4, -0.2) is 74.0 Å². The van der Waals surface area contributed by atoms with Crippen LogP contribution in [0.4, 0.5) is 5.69 Å². The summed E-state index contributed by atoms with van der Waals surface area (Å²) in [6.07, 6.45) is -3.27. The van der Waals surface area contributed by atoms with Crippen molar-refractivity contribution in [2.75, 3.05) is 0 Å². The molecule has 1 aliphatic carbocycles. The standard InChI is InChI=1S/C20H25NO8/c22-14-15(23)20(27,19(26)10-21-13-9-5-4-8-12(13)19)16(29-17(14)24)18(25)28-11-6-2-1-3-7-11/h4-5,8-11,14-17,22-24,26-27H,1-3,6-7H2/t14-,15-,16-,17-,19?,20+/m1/s1. The van der Waals surface area contributed by atoms with Crippen LogP contribution < -0.4 is 0 Å². The summed E-state index contributed by atoms with van der Waals surface area (Å²) in [5.74, 6) is -1.03. The first-order valence-corrected chi connectivity index (χ1v) is 9.78. The molecular weight excluding hydrogens is 382 g/mol.